The number of ketones is 1. The van der Waals surface area contributed by atoms with E-state index in [9.17, 15) is 4.79 Å². The molecule has 116 valence electrons. The Bertz CT molecular complexity index is 837. The number of nitrogens with one attached hydrogen (secondary N) is 2. The van der Waals surface area contributed by atoms with Gasteiger partial charge in [-0.3, -0.25) is 9.78 Å². The third-order valence-corrected chi connectivity index (χ3v) is 4.33. The van der Waals surface area contributed by atoms with Crippen molar-refractivity contribution in [2.45, 2.75) is 31.7 Å². The first kappa shape index (κ1) is 13.9. The number of hydrogen-bond donors (Lipinski definition) is 2. The first-order valence-electron chi connectivity index (χ1n) is 7.86. The molecule has 3 heterocycles. The molecule has 0 saturated heterocycles. The van der Waals surface area contributed by atoms with E-state index in [2.05, 4.69) is 25.3 Å². The molecule has 0 radical (unpaired) electrons. The molecule has 6 heteroatoms. The fourth-order valence-corrected chi connectivity index (χ4v) is 3.17. The average Bonchev–Trinajstić information content (AvgIpc) is 3.25. The molecule has 1 saturated carbocycles. The van der Waals surface area contributed by atoms with Crippen molar-refractivity contribution in [1.29, 1.82) is 0 Å². The molecule has 0 bridgehead atoms. The molecule has 6 nitrogen and oxygen atoms in total. The number of aromatic amines is 1. The molecule has 0 atom stereocenters. The lowest BCUT2D eigenvalue weighted by Crippen LogP contribution is -2.16. The standard InChI is InChI=1S/C17H17N5O/c23-15(11-4-3-7-18-8-11)13-9-19-16-14(13)17(21-10-20-16)22-12-5-1-2-6-12/h3-4,7-10,12H,1-2,5-6H2,(H2,19,20,21,22). The molecule has 1 fully saturated rings. The Morgan fingerprint density at radius 3 is 2.91 bits per heavy atom. The van der Waals surface area contributed by atoms with Crippen molar-refractivity contribution in [1.82, 2.24) is 19.9 Å². The number of H-pyrrole nitrogens is 1. The maximum Gasteiger partial charge on any atom is 0.196 e. The van der Waals surface area contributed by atoms with E-state index in [0.717, 1.165) is 24.0 Å². The Labute approximate surface area is 133 Å². The average molecular weight is 307 g/mol. The summed E-state index contributed by atoms with van der Waals surface area (Å²) in [6.07, 6.45) is 11.2. The van der Waals surface area contributed by atoms with Crippen LogP contribution < -0.4 is 5.32 Å². The van der Waals surface area contributed by atoms with Crippen molar-refractivity contribution in [2.24, 2.45) is 0 Å². The van der Waals surface area contributed by atoms with E-state index >= 15 is 0 Å². The molecule has 0 aromatic carbocycles. The third kappa shape index (κ3) is 2.56. The van der Waals surface area contributed by atoms with Gasteiger partial charge in [0.05, 0.1) is 10.9 Å². The first-order chi connectivity index (χ1) is 11.3. The fourth-order valence-electron chi connectivity index (χ4n) is 3.17. The summed E-state index contributed by atoms with van der Waals surface area (Å²) in [7, 11) is 0. The molecule has 0 unspecified atom stereocenters. The van der Waals surface area contributed by atoms with Crippen LogP contribution in [0.2, 0.25) is 0 Å². The number of pyridine rings is 1. The number of aromatic nitrogens is 4. The number of nitrogens with zero attached hydrogens (tertiary/aromatic N) is 3. The number of fused-ring (bicyclic) bond motifs is 1. The number of carbonyl (C=O) groups is 1. The highest BCUT2D eigenvalue weighted by Crippen LogP contribution is 2.28. The Morgan fingerprint density at radius 2 is 2.13 bits per heavy atom. The van der Waals surface area contributed by atoms with Crippen LogP contribution in [0.5, 0.6) is 0 Å². The number of anilines is 1. The predicted molar refractivity (Wildman–Crippen MR) is 87.4 cm³/mol. The van der Waals surface area contributed by atoms with Gasteiger partial charge in [-0.1, -0.05) is 12.8 Å². The van der Waals surface area contributed by atoms with E-state index in [4.69, 9.17) is 0 Å². The minimum absolute atomic E-state index is 0.0754. The molecule has 23 heavy (non-hydrogen) atoms. The maximum absolute atomic E-state index is 12.8. The highest BCUT2D eigenvalue weighted by atomic mass is 16.1. The minimum atomic E-state index is -0.0754. The van der Waals surface area contributed by atoms with Gasteiger partial charge in [-0.05, 0) is 25.0 Å². The zero-order valence-corrected chi connectivity index (χ0v) is 12.6. The number of rotatable bonds is 4. The van der Waals surface area contributed by atoms with E-state index in [-0.39, 0.29) is 5.78 Å². The Morgan fingerprint density at radius 1 is 1.26 bits per heavy atom. The summed E-state index contributed by atoms with van der Waals surface area (Å²) in [5, 5.41) is 4.24. The Kier molecular flexibility index (Phi) is 3.49. The quantitative estimate of drug-likeness (QED) is 0.724. The zero-order valence-electron chi connectivity index (χ0n) is 12.6. The summed E-state index contributed by atoms with van der Waals surface area (Å²) >= 11 is 0. The number of hydrogen-bond acceptors (Lipinski definition) is 5. The van der Waals surface area contributed by atoms with E-state index in [1.54, 1.807) is 30.7 Å². The van der Waals surface area contributed by atoms with Crippen LogP contribution in [0.25, 0.3) is 11.0 Å². The van der Waals surface area contributed by atoms with E-state index in [1.165, 1.54) is 19.2 Å². The maximum atomic E-state index is 12.8. The molecule has 3 aromatic rings. The normalized spacial score (nSPS) is 15.1. The van der Waals surface area contributed by atoms with Crippen molar-refractivity contribution in [2.75, 3.05) is 5.32 Å². The summed E-state index contributed by atoms with van der Waals surface area (Å²) < 4.78 is 0. The van der Waals surface area contributed by atoms with Crippen LogP contribution in [-0.2, 0) is 0 Å². The van der Waals surface area contributed by atoms with Crippen molar-refractivity contribution < 1.29 is 4.79 Å². The summed E-state index contributed by atoms with van der Waals surface area (Å²) in [5.74, 6) is 0.656. The van der Waals surface area contributed by atoms with Crippen LogP contribution >= 0.6 is 0 Å². The SMILES string of the molecule is O=C(c1cccnc1)c1c[nH]c2ncnc(NC3CCCC3)c12. The van der Waals surface area contributed by atoms with Gasteiger partial charge in [0.1, 0.15) is 17.8 Å². The lowest BCUT2D eigenvalue weighted by atomic mass is 10.1. The Hall–Kier alpha value is -2.76. The van der Waals surface area contributed by atoms with Gasteiger partial charge in [-0.2, -0.15) is 0 Å². The lowest BCUT2D eigenvalue weighted by molar-refractivity contribution is 0.104. The van der Waals surface area contributed by atoms with Crippen LogP contribution in [0.15, 0.2) is 37.1 Å². The van der Waals surface area contributed by atoms with E-state index in [0.29, 0.717) is 22.8 Å². The van der Waals surface area contributed by atoms with Crippen LogP contribution in [0.3, 0.4) is 0 Å². The second-order valence-electron chi connectivity index (χ2n) is 5.84. The van der Waals surface area contributed by atoms with Gasteiger partial charge in [0.2, 0.25) is 0 Å². The highest BCUT2D eigenvalue weighted by molar-refractivity contribution is 6.17. The van der Waals surface area contributed by atoms with Gasteiger partial charge in [-0.15, -0.1) is 0 Å². The molecular weight excluding hydrogens is 290 g/mol. The van der Waals surface area contributed by atoms with E-state index < -0.39 is 0 Å². The third-order valence-electron chi connectivity index (χ3n) is 4.33. The summed E-state index contributed by atoms with van der Waals surface area (Å²) in [4.78, 5) is 28.5. The van der Waals surface area contributed by atoms with Gasteiger partial charge in [-0.25, -0.2) is 9.97 Å². The van der Waals surface area contributed by atoms with Crippen molar-refractivity contribution in [3.63, 3.8) is 0 Å². The van der Waals surface area contributed by atoms with Crippen molar-refractivity contribution in [3.05, 3.63) is 48.2 Å². The molecule has 0 amide bonds. The van der Waals surface area contributed by atoms with Gasteiger partial charge < -0.3 is 10.3 Å². The first-order valence-corrected chi connectivity index (χ1v) is 7.86. The van der Waals surface area contributed by atoms with Gasteiger partial charge in [0.25, 0.3) is 0 Å². The van der Waals surface area contributed by atoms with Gasteiger partial charge in [0, 0.05) is 30.2 Å². The summed E-state index contributed by atoms with van der Waals surface area (Å²) in [5.41, 5.74) is 1.81. The van der Waals surface area contributed by atoms with Crippen LogP contribution in [0.4, 0.5) is 5.82 Å². The Balaban J connectivity index is 1.76. The second-order valence-corrected chi connectivity index (χ2v) is 5.84. The van der Waals surface area contributed by atoms with E-state index in [1.807, 2.05) is 0 Å². The summed E-state index contributed by atoms with van der Waals surface area (Å²) in [6, 6.07) is 3.95. The lowest BCUT2D eigenvalue weighted by Gasteiger charge is -2.13. The minimum Gasteiger partial charge on any atom is -0.367 e. The van der Waals surface area contributed by atoms with Crippen LogP contribution in [0.1, 0.15) is 41.6 Å². The molecule has 0 spiro atoms. The van der Waals surface area contributed by atoms with Gasteiger partial charge >= 0.3 is 0 Å². The van der Waals surface area contributed by atoms with Gasteiger partial charge in [0.15, 0.2) is 5.78 Å². The molecular formula is C17H17N5O. The molecule has 2 N–H and O–H groups in total. The van der Waals surface area contributed by atoms with Crippen LogP contribution in [0, 0.1) is 0 Å². The number of carbonyl (C=O) groups excluding carboxylic acids is 1. The molecule has 1 aliphatic rings. The van der Waals surface area contributed by atoms with Crippen LogP contribution in [-0.4, -0.2) is 31.8 Å². The second kappa shape index (κ2) is 5.79. The smallest absolute Gasteiger partial charge is 0.196 e. The topological polar surface area (TPSA) is 83.6 Å². The largest absolute Gasteiger partial charge is 0.367 e. The molecule has 1 aliphatic carbocycles. The highest BCUT2D eigenvalue weighted by Gasteiger charge is 2.21. The van der Waals surface area contributed by atoms with Crippen molar-refractivity contribution >= 4 is 22.6 Å². The summed E-state index contributed by atoms with van der Waals surface area (Å²) in [6.45, 7) is 0. The molecule has 4 rings (SSSR count). The van der Waals surface area contributed by atoms with Crippen molar-refractivity contribution in [3.8, 4) is 0 Å². The molecule has 3 aromatic heterocycles. The monoisotopic (exact) mass is 307 g/mol. The molecule has 0 aliphatic heterocycles. The predicted octanol–water partition coefficient (Wildman–Crippen LogP) is 2.94. The fraction of sp³-hybridized carbons (Fsp3) is 0.294. The zero-order chi connectivity index (χ0) is 15.6.